The van der Waals surface area contributed by atoms with Gasteiger partial charge in [-0.3, -0.25) is 14.8 Å². The van der Waals surface area contributed by atoms with Crippen LogP contribution >= 0.6 is 0 Å². The van der Waals surface area contributed by atoms with Gasteiger partial charge in [-0.1, -0.05) is 0 Å². The van der Waals surface area contributed by atoms with Crippen molar-refractivity contribution in [3.63, 3.8) is 0 Å². The van der Waals surface area contributed by atoms with Crippen LogP contribution in [0.4, 0.5) is 5.69 Å². The summed E-state index contributed by atoms with van der Waals surface area (Å²) in [5, 5.41) is 23.7. The Bertz CT molecular complexity index is 502. The lowest BCUT2D eigenvalue weighted by Crippen LogP contribution is -2.03. The highest BCUT2D eigenvalue weighted by Crippen LogP contribution is 2.25. The number of carboxylic acids is 1. The van der Waals surface area contributed by atoms with E-state index in [2.05, 4.69) is 5.10 Å². The number of carbonyl (C=O) groups is 1. The van der Waals surface area contributed by atoms with Crippen LogP contribution in [0, 0.1) is 17.0 Å². The van der Waals surface area contributed by atoms with Gasteiger partial charge in [0.2, 0.25) is 0 Å². The molecule has 0 unspecified atom stereocenters. The van der Waals surface area contributed by atoms with E-state index in [0.29, 0.717) is 6.54 Å². The maximum Gasteiger partial charge on any atom is 0.331 e. The summed E-state index contributed by atoms with van der Waals surface area (Å²) in [6.45, 7) is 5.13. The smallest absolute Gasteiger partial charge is 0.331 e. The van der Waals surface area contributed by atoms with E-state index in [1.54, 1.807) is 6.92 Å². The third-order valence-electron chi connectivity index (χ3n) is 2.31. The fraction of sp³-hybridized carbons (Fsp3) is 0.400. The van der Waals surface area contributed by atoms with Gasteiger partial charge in [-0.25, -0.2) is 4.79 Å². The number of aryl methyl sites for hydroxylation is 2. The van der Waals surface area contributed by atoms with Crippen molar-refractivity contribution in [2.24, 2.45) is 0 Å². The summed E-state index contributed by atoms with van der Waals surface area (Å²) >= 11 is 0. The predicted molar refractivity (Wildman–Crippen MR) is 60.6 cm³/mol. The first kappa shape index (κ1) is 12.9. The Kier molecular flexibility index (Phi) is 3.62. The Balaban J connectivity index is 3.44. The van der Waals surface area contributed by atoms with Crippen LogP contribution in [0.3, 0.4) is 0 Å². The molecule has 0 amide bonds. The van der Waals surface area contributed by atoms with Gasteiger partial charge < -0.3 is 5.11 Å². The Labute approximate surface area is 97.5 Å². The van der Waals surface area contributed by atoms with Crippen LogP contribution in [0.15, 0.2) is 5.57 Å². The molecule has 92 valence electrons. The summed E-state index contributed by atoms with van der Waals surface area (Å²) in [4.78, 5) is 21.1. The molecule has 0 aliphatic heterocycles. The molecule has 7 heteroatoms. The van der Waals surface area contributed by atoms with Gasteiger partial charge in [-0.05, 0) is 26.8 Å². The third-order valence-corrected chi connectivity index (χ3v) is 2.31. The SMILES string of the molecule is CCn1nc(C)c([N+](=O)[O-])c1/C=C(\C)C(=O)O. The van der Waals surface area contributed by atoms with E-state index < -0.39 is 10.9 Å². The zero-order valence-electron chi connectivity index (χ0n) is 9.80. The molecular formula is C10H13N3O4. The highest BCUT2D eigenvalue weighted by atomic mass is 16.6. The van der Waals surface area contributed by atoms with Gasteiger partial charge in [-0.2, -0.15) is 5.10 Å². The van der Waals surface area contributed by atoms with Crippen LogP contribution in [-0.4, -0.2) is 25.8 Å². The molecule has 17 heavy (non-hydrogen) atoms. The Morgan fingerprint density at radius 1 is 1.65 bits per heavy atom. The average molecular weight is 239 g/mol. The monoisotopic (exact) mass is 239 g/mol. The number of hydrogen-bond donors (Lipinski definition) is 1. The average Bonchev–Trinajstić information content (AvgIpc) is 2.54. The normalized spacial score (nSPS) is 11.6. The van der Waals surface area contributed by atoms with Gasteiger partial charge in [-0.15, -0.1) is 0 Å². The molecule has 1 N–H and O–H groups in total. The quantitative estimate of drug-likeness (QED) is 0.489. The molecule has 1 aromatic rings. The first-order valence-electron chi connectivity index (χ1n) is 5.01. The minimum Gasteiger partial charge on any atom is -0.478 e. The molecule has 0 saturated heterocycles. The molecule has 0 aliphatic carbocycles. The minimum absolute atomic E-state index is 0.0303. The maximum absolute atomic E-state index is 10.9. The van der Waals surface area contributed by atoms with Crippen molar-refractivity contribution in [3.05, 3.63) is 27.1 Å². The topological polar surface area (TPSA) is 98.3 Å². The lowest BCUT2D eigenvalue weighted by atomic mass is 10.2. The number of rotatable bonds is 4. The van der Waals surface area contributed by atoms with Gasteiger partial charge >= 0.3 is 11.7 Å². The number of aliphatic carboxylic acids is 1. The van der Waals surface area contributed by atoms with Crippen LogP contribution < -0.4 is 0 Å². The molecule has 7 nitrogen and oxygen atoms in total. The molecule has 1 heterocycles. The summed E-state index contributed by atoms with van der Waals surface area (Å²) < 4.78 is 1.42. The summed E-state index contributed by atoms with van der Waals surface area (Å²) in [7, 11) is 0. The number of nitro groups is 1. The first-order chi connectivity index (χ1) is 7.88. The highest BCUT2D eigenvalue weighted by Gasteiger charge is 2.23. The van der Waals surface area contributed by atoms with Gasteiger partial charge in [0.1, 0.15) is 11.4 Å². The predicted octanol–water partition coefficient (Wildman–Crippen LogP) is 1.61. The van der Waals surface area contributed by atoms with Crippen molar-refractivity contribution in [3.8, 4) is 0 Å². The van der Waals surface area contributed by atoms with Gasteiger partial charge in [0.05, 0.1) is 4.92 Å². The summed E-state index contributed by atoms with van der Waals surface area (Å²) in [6, 6.07) is 0. The molecule has 0 aliphatic rings. The molecule has 0 radical (unpaired) electrons. The lowest BCUT2D eigenvalue weighted by Gasteiger charge is -1.99. The van der Waals surface area contributed by atoms with Gasteiger partial charge in [0.15, 0.2) is 0 Å². The number of nitrogens with zero attached hydrogens (tertiary/aromatic N) is 3. The first-order valence-corrected chi connectivity index (χ1v) is 5.01. The Morgan fingerprint density at radius 3 is 2.65 bits per heavy atom. The second kappa shape index (κ2) is 4.77. The standard InChI is InChI=1S/C10H13N3O4/c1-4-12-8(5-6(2)10(14)15)9(13(16)17)7(3)11-12/h5H,4H2,1-3H3,(H,14,15)/b6-5+. The van der Waals surface area contributed by atoms with E-state index in [4.69, 9.17) is 5.11 Å². The van der Waals surface area contributed by atoms with Crippen LogP contribution in [-0.2, 0) is 11.3 Å². The second-order valence-electron chi connectivity index (χ2n) is 3.52. The van der Waals surface area contributed by atoms with E-state index in [-0.39, 0.29) is 22.6 Å². The second-order valence-corrected chi connectivity index (χ2v) is 3.52. The third kappa shape index (κ3) is 2.49. The lowest BCUT2D eigenvalue weighted by molar-refractivity contribution is -0.385. The fourth-order valence-corrected chi connectivity index (χ4v) is 1.47. The summed E-state index contributed by atoms with van der Waals surface area (Å²) in [6.07, 6.45) is 1.27. The van der Waals surface area contributed by atoms with Gasteiger partial charge in [0.25, 0.3) is 0 Å². The number of hydrogen-bond acceptors (Lipinski definition) is 4. The van der Waals surface area contributed by atoms with Crippen molar-refractivity contribution < 1.29 is 14.8 Å². The van der Waals surface area contributed by atoms with Crippen molar-refractivity contribution in [2.75, 3.05) is 0 Å². The molecule has 0 bridgehead atoms. The van der Waals surface area contributed by atoms with Crippen LogP contribution in [0.2, 0.25) is 0 Å². The zero-order chi connectivity index (χ0) is 13.2. The molecule has 0 aromatic carbocycles. The van der Waals surface area contributed by atoms with Crippen molar-refractivity contribution in [1.29, 1.82) is 0 Å². The Hall–Kier alpha value is -2.18. The minimum atomic E-state index is -1.11. The zero-order valence-corrected chi connectivity index (χ0v) is 9.80. The van der Waals surface area contributed by atoms with Crippen LogP contribution in [0.1, 0.15) is 25.2 Å². The van der Waals surface area contributed by atoms with E-state index in [1.165, 1.54) is 24.6 Å². The largest absolute Gasteiger partial charge is 0.478 e. The van der Waals surface area contributed by atoms with Gasteiger partial charge in [0, 0.05) is 12.1 Å². The fourth-order valence-electron chi connectivity index (χ4n) is 1.47. The number of aromatic nitrogens is 2. The summed E-state index contributed by atoms with van der Waals surface area (Å²) in [5.74, 6) is -1.11. The molecule has 0 saturated carbocycles. The molecule has 0 atom stereocenters. The van der Waals surface area contributed by atoms with E-state index in [1.807, 2.05) is 0 Å². The van der Waals surface area contributed by atoms with Crippen LogP contribution in [0.25, 0.3) is 6.08 Å². The van der Waals surface area contributed by atoms with Crippen molar-refractivity contribution >= 4 is 17.7 Å². The van der Waals surface area contributed by atoms with Crippen LogP contribution in [0.5, 0.6) is 0 Å². The van der Waals surface area contributed by atoms with Crippen molar-refractivity contribution in [2.45, 2.75) is 27.3 Å². The maximum atomic E-state index is 10.9. The highest BCUT2D eigenvalue weighted by molar-refractivity contribution is 5.91. The summed E-state index contributed by atoms with van der Waals surface area (Å²) in [5.41, 5.74) is 0.381. The number of carboxylic acid groups (broad SMARTS) is 1. The molecule has 0 spiro atoms. The van der Waals surface area contributed by atoms with E-state index >= 15 is 0 Å². The van der Waals surface area contributed by atoms with E-state index in [9.17, 15) is 14.9 Å². The van der Waals surface area contributed by atoms with E-state index in [0.717, 1.165) is 0 Å². The molecule has 1 rings (SSSR count). The molecule has 0 fully saturated rings. The van der Waals surface area contributed by atoms with Crippen molar-refractivity contribution in [1.82, 2.24) is 9.78 Å². The Morgan fingerprint density at radius 2 is 2.24 bits per heavy atom. The molecular weight excluding hydrogens is 226 g/mol. The molecule has 1 aromatic heterocycles.